The summed E-state index contributed by atoms with van der Waals surface area (Å²) >= 11 is 0. The molecule has 3 heteroatoms. The standard InChI is InChI=1S/C15H25FN2/c1-6-17-11(2)12(3)18(5)13(4)14-9-7-8-10-15(14)16/h7-13,17H,6H2,1-5H3. The zero-order chi connectivity index (χ0) is 13.7. The summed E-state index contributed by atoms with van der Waals surface area (Å²) in [6, 6.07) is 7.81. The van der Waals surface area contributed by atoms with Gasteiger partial charge in [0.1, 0.15) is 5.82 Å². The molecule has 3 unspecified atom stereocenters. The van der Waals surface area contributed by atoms with Gasteiger partial charge < -0.3 is 5.32 Å². The molecule has 0 heterocycles. The molecule has 3 atom stereocenters. The minimum Gasteiger partial charge on any atom is -0.313 e. The molecule has 1 aromatic carbocycles. The van der Waals surface area contributed by atoms with Crippen molar-refractivity contribution in [3.63, 3.8) is 0 Å². The highest BCUT2D eigenvalue weighted by molar-refractivity contribution is 5.20. The Labute approximate surface area is 110 Å². The molecule has 0 aromatic heterocycles. The van der Waals surface area contributed by atoms with E-state index in [-0.39, 0.29) is 11.9 Å². The SMILES string of the molecule is CCNC(C)C(C)N(C)C(C)c1ccccc1F. The maximum Gasteiger partial charge on any atom is 0.127 e. The van der Waals surface area contributed by atoms with Crippen molar-refractivity contribution in [1.29, 1.82) is 0 Å². The molecule has 1 N–H and O–H groups in total. The summed E-state index contributed by atoms with van der Waals surface area (Å²) < 4.78 is 13.8. The first-order valence-corrected chi connectivity index (χ1v) is 6.68. The van der Waals surface area contributed by atoms with Crippen molar-refractivity contribution >= 4 is 0 Å². The number of benzene rings is 1. The summed E-state index contributed by atoms with van der Waals surface area (Å²) in [5, 5.41) is 3.41. The molecule has 0 aliphatic rings. The molecule has 18 heavy (non-hydrogen) atoms. The number of hydrogen-bond acceptors (Lipinski definition) is 2. The Hall–Kier alpha value is -0.930. The lowest BCUT2D eigenvalue weighted by atomic mass is 10.0. The van der Waals surface area contributed by atoms with Crippen molar-refractivity contribution in [2.24, 2.45) is 0 Å². The fourth-order valence-electron chi connectivity index (χ4n) is 2.23. The van der Waals surface area contributed by atoms with Crippen LogP contribution in [0.25, 0.3) is 0 Å². The Balaban J connectivity index is 2.77. The number of nitrogens with zero attached hydrogens (tertiary/aromatic N) is 1. The Kier molecular flexibility index (Phi) is 5.76. The number of likely N-dealkylation sites (N-methyl/N-ethyl adjacent to an activating group) is 2. The highest BCUT2D eigenvalue weighted by atomic mass is 19.1. The molecule has 0 spiro atoms. The smallest absolute Gasteiger partial charge is 0.127 e. The average Bonchev–Trinajstić information content (AvgIpc) is 2.37. The molecule has 1 aromatic rings. The van der Waals surface area contributed by atoms with Crippen LogP contribution in [0.5, 0.6) is 0 Å². The second-order valence-electron chi connectivity index (χ2n) is 4.95. The van der Waals surface area contributed by atoms with Gasteiger partial charge in [0, 0.05) is 23.7 Å². The predicted molar refractivity (Wildman–Crippen MR) is 75.2 cm³/mol. The molecule has 2 nitrogen and oxygen atoms in total. The Morgan fingerprint density at radius 3 is 2.39 bits per heavy atom. The van der Waals surface area contributed by atoms with Gasteiger partial charge in [0.15, 0.2) is 0 Å². The van der Waals surface area contributed by atoms with E-state index >= 15 is 0 Å². The van der Waals surface area contributed by atoms with Crippen LogP contribution in [0.1, 0.15) is 39.3 Å². The summed E-state index contributed by atoms with van der Waals surface area (Å²) in [6.45, 7) is 9.44. The third kappa shape index (κ3) is 3.53. The van der Waals surface area contributed by atoms with Crippen molar-refractivity contribution in [3.8, 4) is 0 Å². The Morgan fingerprint density at radius 1 is 1.22 bits per heavy atom. The maximum absolute atomic E-state index is 13.8. The van der Waals surface area contributed by atoms with Crippen LogP contribution >= 0.6 is 0 Å². The Morgan fingerprint density at radius 2 is 1.83 bits per heavy atom. The summed E-state index contributed by atoms with van der Waals surface area (Å²) in [7, 11) is 2.05. The topological polar surface area (TPSA) is 15.3 Å². The second kappa shape index (κ2) is 6.86. The third-order valence-corrected chi connectivity index (χ3v) is 3.86. The van der Waals surface area contributed by atoms with Gasteiger partial charge in [-0.05, 0) is 40.4 Å². The molecule has 0 aliphatic carbocycles. The van der Waals surface area contributed by atoms with Gasteiger partial charge in [0.05, 0.1) is 0 Å². The van der Waals surface area contributed by atoms with Crippen molar-refractivity contribution in [2.75, 3.05) is 13.6 Å². The van der Waals surface area contributed by atoms with Crippen LogP contribution in [-0.2, 0) is 0 Å². The van der Waals surface area contributed by atoms with E-state index in [9.17, 15) is 4.39 Å². The van der Waals surface area contributed by atoms with E-state index in [0.717, 1.165) is 12.1 Å². The minimum absolute atomic E-state index is 0.0716. The summed E-state index contributed by atoms with van der Waals surface area (Å²) in [6.07, 6.45) is 0. The van der Waals surface area contributed by atoms with Crippen LogP contribution in [0.2, 0.25) is 0 Å². The van der Waals surface area contributed by atoms with E-state index in [1.165, 1.54) is 6.07 Å². The number of rotatable bonds is 6. The van der Waals surface area contributed by atoms with Crippen LogP contribution in [0, 0.1) is 5.82 Å². The molecule has 0 radical (unpaired) electrons. The van der Waals surface area contributed by atoms with Crippen molar-refractivity contribution in [3.05, 3.63) is 35.6 Å². The number of nitrogens with one attached hydrogen (secondary N) is 1. The largest absolute Gasteiger partial charge is 0.313 e. The van der Waals surface area contributed by atoms with Crippen molar-refractivity contribution < 1.29 is 4.39 Å². The normalized spacial score (nSPS) is 16.6. The lowest BCUT2D eigenvalue weighted by Gasteiger charge is -2.35. The molecule has 0 fully saturated rings. The van der Waals surface area contributed by atoms with Gasteiger partial charge in [0.25, 0.3) is 0 Å². The fraction of sp³-hybridized carbons (Fsp3) is 0.600. The zero-order valence-corrected chi connectivity index (χ0v) is 12.1. The monoisotopic (exact) mass is 252 g/mol. The van der Waals surface area contributed by atoms with Gasteiger partial charge in [-0.3, -0.25) is 4.90 Å². The molecule has 1 rings (SSSR count). The van der Waals surface area contributed by atoms with Gasteiger partial charge in [-0.2, -0.15) is 0 Å². The van der Waals surface area contributed by atoms with E-state index in [4.69, 9.17) is 0 Å². The van der Waals surface area contributed by atoms with Crippen LogP contribution in [0.3, 0.4) is 0 Å². The van der Waals surface area contributed by atoms with Crippen LogP contribution in [0.4, 0.5) is 4.39 Å². The first-order chi connectivity index (χ1) is 8.49. The number of hydrogen-bond donors (Lipinski definition) is 1. The lowest BCUT2D eigenvalue weighted by molar-refractivity contribution is 0.163. The fourth-order valence-corrected chi connectivity index (χ4v) is 2.23. The van der Waals surface area contributed by atoms with E-state index in [1.807, 2.05) is 19.1 Å². The van der Waals surface area contributed by atoms with E-state index in [1.54, 1.807) is 6.07 Å². The number of halogens is 1. The highest BCUT2D eigenvalue weighted by Crippen LogP contribution is 2.24. The Bertz CT molecular complexity index is 367. The van der Waals surface area contributed by atoms with E-state index in [2.05, 4.69) is 38.0 Å². The molecule has 102 valence electrons. The predicted octanol–water partition coefficient (Wildman–Crippen LogP) is 3.21. The van der Waals surface area contributed by atoms with Gasteiger partial charge in [-0.1, -0.05) is 25.1 Å². The third-order valence-electron chi connectivity index (χ3n) is 3.86. The van der Waals surface area contributed by atoms with Crippen LogP contribution in [0.15, 0.2) is 24.3 Å². The van der Waals surface area contributed by atoms with Crippen molar-refractivity contribution in [1.82, 2.24) is 10.2 Å². The van der Waals surface area contributed by atoms with Crippen LogP contribution < -0.4 is 5.32 Å². The van der Waals surface area contributed by atoms with E-state index < -0.39 is 0 Å². The molecule has 0 bridgehead atoms. The highest BCUT2D eigenvalue weighted by Gasteiger charge is 2.23. The van der Waals surface area contributed by atoms with Crippen LogP contribution in [-0.4, -0.2) is 30.6 Å². The van der Waals surface area contributed by atoms with Crippen molar-refractivity contribution in [2.45, 2.75) is 45.8 Å². The zero-order valence-electron chi connectivity index (χ0n) is 12.1. The maximum atomic E-state index is 13.8. The second-order valence-corrected chi connectivity index (χ2v) is 4.95. The van der Waals surface area contributed by atoms with Gasteiger partial charge in [-0.25, -0.2) is 4.39 Å². The summed E-state index contributed by atoms with van der Waals surface area (Å²) in [5.74, 6) is -0.125. The molecule has 0 saturated carbocycles. The molecule has 0 amide bonds. The van der Waals surface area contributed by atoms with Gasteiger partial charge in [-0.15, -0.1) is 0 Å². The summed E-state index contributed by atoms with van der Waals surface area (Å²) in [4.78, 5) is 2.21. The molecular formula is C15H25FN2. The van der Waals surface area contributed by atoms with Gasteiger partial charge in [0.2, 0.25) is 0 Å². The molecule has 0 aliphatic heterocycles. The van der Waals surface area contributed by atoms with Gasteiger partial charge >= 0.3 is 0 Å². The van der Waals surface area contributed by atoms with E-state index in [0.29, 0.717) is 12.1 Å². The summed E-state index contributed by atoms with van der Waals surface area (Å²) in [5.41, 5.74) is 0.760. The minimum atomic E-state index is -0.125. The average molecular weight is 252 g/mol. The lowest BCUT2D eigenvalue weighted by Crippen LogP contribution is -2.46. The first kappa shape index (κ1) is 15.1. The molecular weight excluding hydrogens is 227 g/mol. The first-order valence-electron chi connectivity index (χ1n) is 6.68. The quantitative estimate of drug-likeness (QED) is 0.836. The molecule has 0 saturated heterocycles.